The van der Waals surface area contributed by atoms with E-state index in [1.807, 2.05) is 0 Å². The number of aryl methyl sites for hydroxylation is 1. The Bertz CT molecular complexity index is 651. The normalized spacial score (nSPS) is 20.8. The lowest BCUT2D eigenvalue weighted by molar-refractivity contribution is 0.0179. The molecule has 6 heteroatoms. The number of benzene rings is 1. The molecular weight excluding hydrogens is 374 g/mol. The van der Waals surface area contributed by atoms with E-state index in [9.17, 15) is 0 Å². The topological polar surface area (TPSA) is 52.1 Å². The average molecular weight is 416 g/mol. The standard InChI is InChI=1S/C24H41N5O/c1-4-11-28-12-9-22(10-13-28)27-24(25-5-2)26-19-23(29-14-16-30-17-15-29)21-8-6-7-20(3)18-21/h6-8,18,22-23H,4-5,9-17,19H2,1-3H3,(H2,25,26,27). The van der Waals surface area contributed by atoms with Crippen LogP contribution in [0.15, 0.2) is 29.3 Å². The van der Waals surface area contributed by atoms with Gasteiger partial charge in [0.25, 0.3) is 0 Å². The van der Waals surface area contributed by atoms with Gasteiger partial charge in [0.05, 0.1) is 25.8 Å². The minimum absolute atomic E-state index is 0.288. The third-order valence-electron chi connectivity index (χ3n) is 6.15. The van der Waals surface area contributed by atoms with Crippen LogP contribution in [0.5, 0.6) is 0 Å². The van der Waals surface area contributed by atoms with Crippen molar-refractivity contribution in [2.75, 3.05) is 59.0 Å². The van der Waals surface area contributed by atoms with E-state index in [1.54, 1.807) is 0 Å². The highest BCUT2D eigenvalue weighted by molar-refractivity contribution is 5.80. The second-order valence-electron chi connectivity index (χ2n) is 8.56. The molecule has 1 aromatic carbocycles. The van der Waals surface area contributed by atoms with Crippen LogP contribution in [0.4, 0.5) is 0 Å². The molecule has 0 amide bonds. The van der Waals surface area contributed by atoms with E-state index in [0.717, 1.165) is 45.4 Å². The van der Waals surface area contributed by atoms with Crippen LogP contribution < -0.4 is 10.6 Å². The van der Waals surface area contributed by atoms with Gasteiger partial charge in [-0.05, 0) is 45.2 Å². The van der Waals surface area contributed by atoms with Crippen LogP contribution in [-0.2, 0) is 4.74 Å². The maximum absolute atomic E-state index is 5.59. The summed E-state index contributed by atoms with van der Waals surface area (Å²) in [6.07, 6.45) is 3.62. The summed E-state index contributed by atoms with van der Waals surface area (Å²) in [6.45, 7) is 15.3. The highest BCUT2D eigenvalue weighted by Crippen LogP contribution is 2.23. The Morgan fingerprint density at radius 2 is 1.93 bits per heavy atom. The molecule has 0 aromatic heterocycles. The number of nitrogens with one attached hydrogen (secondary N) is 2. The molecule has 0 radical (unpaired) electrons. The van der Waals surface area contributed by atoms with Gasteiger partial charge in [-0.3, -0.25) is 9.89 Å². The number of hydrogen-bond acceptors (Lipinski definition) is 4. The molecule has 2 heterocycles. The molecule has 1 atom stereocenters. The molecule has 30 heavy (non-hydrogen) atoms. The maximum Gasteiger partial charge on any atom is 0.191 e. The van der Waals surface area contributed by atoms with E-state index in [4.69, 9.17) is 9.73 Å². The van der Waals surface area contributed by atoms with Gasteiger partial charge < -0.3 is 20.3 Å². The van der Waals surface area contributed by atoms with Gasteiger partial charge in [-0.15, -0.1) is 0 Å². The van der Waals surface area contributed by atoms with Crippen LogP contribution in [0.3, 0.4) is 0 Å². The quantitative estimate of drug-likeness (QED) is 0.505. The molecule has 0 spiro atoms. The summed E-state index contributed by atoms with van der Waals surface area (Å²) < 4.78 is 5.59. The summed E-state index contributed by atoms with van der Waals surface area (Å²) in [5.41, 5.74) is 2.66. The summed E-state index contributed by atoms with van der Waals surface area (Å²) in [5, 5.41) is 7.18. The molecule has 1 aromatic rings. The summed E-state index contributed by atoms with van der Waals surface area (Å²) in [6, 6.07) is 9.67. The second-order valence-corrected chi connectivity index (χ2v) is 8.56. The molecule has 2 N–H and O–H groups in total. The average Bonchev–Trinajstić information content (AvgIpc) is 2.76. The van der Waals surface area contributed by atoms with Gasteiger partial charge in [0.15, 0.2) is 5.96 Å². The monoisotopic (exact) mass is 415 g/mol. The fourth-order valence-corrected chi connectivity index (χ4v) is 4.51. The first-order chi connectivity index (χ1) is 14.7. The van der Waals surface area contributed by atoms with Crippen molar-refractivity contribution in [1.29, 1.82) is 0 Å². The SMILES string of the molecule is CCCN1CCC(NC(=NCC(c2cccc(C)c2)N2CCOCC2)NCC)CC1. The summed E-state index contributed by atoms with van der Waals surface area (Å²) in [7, 11) is 0. The molecule has 2 saturated heterocycles. The Morgan fingerprint density at radius 1 is 1.17 bits per heavy atom. The van der Waals surface area contributed by atoms with Gasteiger partial charge in [-0.1, -0.05) is 36.8 Å². The van der Waals surface area contributed by atoms with E-state index in [0.29, 0.717) is 6.04 Å². The first-order valence-electron chi connectivity index (χ1n) is 11.8. The number of rotatable bonds is 8. The summed E-state index contributed by atoms with van der Waals surface area (Å²) in [4.78, 5) is 10.1. The predicted molar refractivity (Wildman–Crippen MR) is 125 cm³/mol. The van der Waals surface area contributed by atoms with Crippen LogP contribution in [0.1, 0.15) is 50.3 Å². The second kappa shape index (κ2) is 12.3. The van der Waals surface area contributed by atoms with Crippen molar-refractivity contribution in [3.8, 4) is 0 Å². The lowest BCUT2D eigenvalue weighted by atomic mass is 10.0. The summed E-state index contributed by atoms with van der Waals surface area (Å²) in [5.74, 6) is 0.956. The lowest BCUT2D eigenvalue weighted by Gasteiger charge is -2.35. The number of piperidine rings is 1. The third-order valence-corrected chi connectivity index (χ3v) is 6.15. The minimum Gasteiger partial charge on any atom is -0.379 e. The Morgan fingerprint density at radius 3 is 2.60 bits per heavy atom. The highest BCUT2D eigenvalue weighted by atomic mass is 16.5. The predicted octanol–water partition coefficient (Wildman–Crippen LogP) is 2.80. The van der Waals surface area contributed by atoms with Crippen molar-refractivity contribution in [3.63, 3.8) is 0 Å². The van der Waals surface area contributed by atoms with Gasteiger partial charge in [-0.2, -0.15) is 0 Å². The van der Waals surface area contributed by atoms with Crippen molar-refractivity contribution in [3.05, 3.63) is 35.4 Å². The Kier molecular flexibility index (Phi) is 9.43. The molecule has 0 saturated carbocycles. The van der Waals surface area contributed by atoms with Gasteiger partial charge in [0.1, 0.15) is 0 Å². The van der Waals surface area contributed by atoms with Crippen LogP contribution in [0, 0.1) is 6.92 Å². The van der Waals surface area contributed by atoms with Crippen LogP contribution in [0.2, 0.25) is 0 Å². The minimum atomic E-state index is 0.288. The molecule has 3 rings (SSSR count). The highest BCUT2D eigenvalue weighted by Gasteiger charge is 2.23. The maximum atomic E-state index is 5.59. The van der Waals surface area contributed by atoms with Crippen LogP contribution >= 0.6 is 0 Å². The molecule has 2 aliphatic rings. The number of aliphatic imine (C=N–C) groups is 1. The first-order valence-corrected chi connectivity index (χ1v) is 11.8. The zero-order valence-corrected chi connectivity index (χ0v) is 19.2. The molecule has 2 aliphatic heterocycles. The van der Waals surface area contributed by atoms with Crippen molar-refractivity contribution in [2.45, 2.75) is 52.1 Å². The van der Waals surface area contributed by atoms with Crippen LogP contribution in [0.25, 0.3) is 0 Å². The van der Waals surface area contributed by atoms with Crippen molar-refractivity contribution in [1.82, 2.24) is 20.4 Å². The Balaban J connectivity index is 1.66. The van der Waals surface area contributed by atoms with Crippen LogP contribution in [-0.4, -0.2) is 80.8 Å². The fourth-order valence-electron chi connectivity index (χ4n) is 4.51. The van der Waals surface area contributed by atoms with E-state index >= 15 is 0 Å². The number of morpholine rings is 1. The largest absolute Gasteiger partial charge is 0.379 e. The number of guanidine groups is 1. The molecule has 2 fully saturated rings. The number of nitrogens with zero attached hydrogens (tertiary/aromatic N) is 3. The lowest BCUT2D eigenvalue weighted by Crippen LogP contribution is -2.49. The molecule has 0 bridgehead atoms. The number of ether oxygens (including phenoxy) is 1. The molecule has 1 unspecified atom stereocenters. The van der Waals surface area contributed by atoms with Crippen molar-refractivity contribution < 1.29 is 4.74 Å². The number of likely N-dealkylation sites (tertiary alicyclic amines) is 1. The van der Waals surface area contributed by atoms with E-state index in [2.05, 4.69) is 65.5 Å². The smallest absolute Gasteiger partial charge is 0.191 e. The molecular formula is C24H41N5O. The van der Waals surface area contributed by atoms with Crippen molar-refractivity contribution >= 4 is 5.96 Å². The fraction of sp³-hybridized carbons (Fsp3) is 0.708. The first kappa shape index (κ1) is 23.0. The molecule has 168 valence electrons. The van der Waals surface area contributed by atoms with Gasteiger partial charge in [0.2, 0.25) is 0 Å². The van der Waals surface area contributed by atoms with E-state index in [1.165, 1.54) is 50.0 Å². The van der Waals surface area contributed by atoms with Gasteiger partial charge >= 0.3 is 0 Å². The zero-order chi connectivity index (χ0) is 21.2. The third kappa shape index (κ3) is 6.96. The van der Waals surface area contributed by atoms with Gasteiger partial charge in [0, 0.05) is 38.8 Å². The van der Waals surface area contributed by atoms with Gasteiger partial charge in [-0.25, -0.2) is 0 Å². The molecule has 0 aliphatic carbocycles. The zero-order valence-electron chi connectivity index (χ0n) is 19.2. The molecule has 6 nitrogen and oxygen atoms in total. The Labute approximate surface area is 183 Å². The Hall–Kier alpha value is -1.63. The summed E-state index contributed by atoms with van der Waals surface area (Å²) >= 11 is 0. The van der Waals surface area contributed by atoms with E-state index < -0.39 is 0 Å². The van der Waals surface area contributed by atoms with E-state index in [-0.39, 0.29) is 6.04 Å². The number of hydrogen-bond donors (Lipinski definition) is 2. The van der Waals surface area contributed by atoms with Crippen molar-refractivity contribution in [2.24, 2.45) is 4.99 Å².